The summed E-state index contributed by atoms with van der Waals surface area (Å²) >= 11 is 2.88. The highest BCUT2D eigenvalue weighted by Gasteiger charge is 2.17. The fourth-order valence-corrected chi connectivity index (χ4v) is 2.07. The van der Waals surface area contributed by atoms with Gasteiger partial charge >= 0.3 is 0 Å². The third-order valence-electron chi connectivity index (χ3n) is 2.59. The van der Waals surface area contributed by atoms with E-state index >= 15 is 0 Å². The summed E-state index contributed by atoms with van der Waals surface area (Å²) in [5, 5.41) is 2.09. The largest absolute Gasteiger partial charge is 0.394 e. The molecule has 2 rings (SSSR count). The molecule has 8 heteroatoms. The first-order valence-electron chi connectivity index (χ1n) is 5.50. The Bertz CT molecular complexity index is 690. The summed E-state index contributed by atoms with van der Waals surface area (Å²) in [4.78, 5) is 11.9. The fraction of sp³-hybridized carbons (Fsp3) is 0. The van der Waals surface area contributed by atoms with Crippen molar-refractivity contribution in [3.05, 3.63) is 57.6 Å². The van der Waals surface area contributed by atoms with Gasteiger partial charge in [0.1, 0.15) is 23.1 Å². The van der Waals surface area contributed by atoms with Gasteiger partial charge in [-0.25, -0.2) is 17.6 Å². The standard InChI is InChI=1S/C13H7BrF4N2O/c14-7-3-6(15)4-10(18)12(7)20-13(21)5-1-8(16)11(19)9(17)2-5/h1-4H,19H2,(H,20,21). The Hall–Kier alpha value is -2.09. The van der Waals surface area contributed by atoms with E-state index in [-0.39, 0.29) is 10.2 Å². The molecule has 0 saturated heterocycles. The second kappa shape index (κ2) is 5.72. The number of carbonyl (C=O) groups is 1. The predicted octanol–water partition coefficient (Wildman–Crippen LogP) is 3.84. The highest BCUT2D eigenvalue weighted by atomic mass is 79.9. The molecule has 0 fully saturated rings. The number of anilines is 2. The SMILES string of the molecule is Nc1c(F)cc(C(=O)Nc2c(F)cc(F)cc2Br)cc1F. The van der Waals surface area contributed by atoms with Gasteiger partial charge in [0.15, 0.2) is 5.82 Å². The van der Waals surface area contributed by atoms with Crippen molar-refractivity contribution in [2.24, 2.45) is 0 Å². The second-order valence-electron chi connectivity index (χ2n) is 4.05. The van der Waals surface area contributed by atoms with Crippen LogP contribution in [0, 0.1) is 23.3 Å². The predicted molar refractivity (Wildman–Crippen MR) is 72.8 cm³/mol. The minimum atomic E-state index is -1.11. The van der Waals surface area contributed by atoms with E-state index in [0.717, 1.165) is 6.07 Å². The van der Waals surface area contributed by atoms with E-state index in [1.54, 1.807) is 0 Å². The molecule has 0 unspecified atom stereocenters. The van der Waals surface area contributed by atoms with Crippen LogP contribution in [0.4, 0.5) is 28.9 Å². The molecule has 110 valence electrons. The van der Waals surface area contributed by atoms with E-state index in [4.69, 9.17) is 5.73 Å². The summed E-state index contributed by atoms with van der Waals surface area (Å²) in [7, 11) is 0. The number of hydrogen-bond donors (Lipinski definition) is 2. The number of halogens is 5. The first-order valence-corrected chi connectivity index (χ1v) is 6.29. The lowest BCUT2D eigenvalue weighted by molar-refractivity contribution is 0.102. The Morgan fingerprint density at radius 3 is 2.10 bits per heavy atom. The van der Waals surface area contributed by atoms with Crippen LogP contribution in [-0.4, -0.2) is 5.91 Å². The van der Waals surface area contributed by atoms with Crippen LogP contribution in [-0.2, 0) is 0 Å². The lowest BCUT2D eigenvalue weighted by Gasteiger charge is -2.09. The lowest BCUT2D eigenvalue weighted by atomic mass is 10.1. The normalized spacial score (nSPS) is 10.5. The van der Waals surface area contributed by atoms with Crippen LogP contribution >= 0.6 is 15.9 Å². The minimum Gasteiger partial charge on any atom is -0.394 e. The van der Waals surface area contributed by atoms with Crippen molar-refractivity contribution in [3.8, 4) is 0 Å². The van der Waals surface area contributed by atoms with Crippen LogP contribution in [0.15, 0.2) is 28.7 Å². The molecule has 0 saturated carbocycles. The van der Waals surface area contributed by atoms with Gasteiger partial charge in [0.2, 0.25) is 0 Å². The molecule has 0 aromatic heterocycles. The van der Waals surface area contributed by atoms with Crippen LogP contribution in [0.25, 0.3) is 0 Å². The zero-order chi connectivity index (χ0) is 15.7. The first kappa shape index (κ1) is 15.3. The van der Waals surface area contributed by atoms with Crippen molar-refractivity contribution in [2.45, 2.75) is 0 Å². The van der Waals surface area contributed by atoms with Crippen molar-refractivity contribution < 1.29 is 22.4 Å². The summed E-state index contributed by atoms with van der Waals surface area (Å²) in [5.74, 6) is -5.08. The minimum absolute atomic E-state index is 0.0512. The maximum absolute atomic E-state index is 13.6. The smallest absolute Gasteiger partial charge is 0.255 e. The molecule has 0 atom stereocenters. The van der Waals surface area contributed by atoms with E-state index in [1.165, 1.54) is 0 Å². The summed E-state index contributed by atoms with van der Waals surface area (Å²) in [6.07, 6.45) is 0. The van der Waals surface area contributed by atoms with Crippen molar-refractivity contribution >= 4 is 33.2 Å². The summed E-state index contributed by atoms with van der Waals surface area (Å²) < 4.78 is 53.0. The Kier molecular flexibility index (Phi) is 4.17. The average Bonchev–Trinajstić information content (AvgIpc) is 2.39. The number of amides is 1. The third-order valence-corrected chi connectivity index (χ3v) is 3.21. The number of hydrogen-bond acceptors (Lipinski definition) is 2. The van der Waals surface area contributed by atoms with Crippen LogP contribution in [0.3, 0.4) is 0 Å². The molecule has 0 aliphatic heterocycles. The molecule has 21 heavy (non-hydrogen) atoms. The Labute approximate surface area is 124 Å². The van der Waals surface area contributed by atoms with Crippen LogP contribution in [0.5, 0.6) is 0 Å². The van der Waals surface area contributed by atoms with Crippen molar-refractivity contribution in [1.82, 2.24) is 0 Å². The molecule has 0 radical (unpaired) electrons. The van der Waals surface area contributed by atoms with Crippen LogP contribution in [0.2, 0.25) is 0 Å². The molecular weight excluding hydrogens is 356 g/mol. The van der Waals surface area contributed by atoms with E-state index in [2.05, 4.69) is 21.2 Å². The van der Waals surface area contributed by atoms with Gasteiger partial charge in [0, 0.05) is 16.1 Å². The monoisotopic (exact) mass is 362 g/mol. The van der Waals surface area contributed by atoms with E-state index < -0.39 is 40.4 Å². The topological polar surface area (TPSA) is 55.1 Å². The van der Waals surface area contributed by atoms with Gasteiger partial charge in [-0.2, -0.15) is 0 Å². The van der Waals surface area contributed by atoms with Crippen molar-refractivity contribution in [1.29, 1.82) is 0 Å². The molecule has 0 bridgehead atoms. The number of benzene rings is 2. The molecule has 0 aliphatic carbocycles. The molecule has 3 N–H and O–H groups in total. The number of nitrogens with one attached hydrogen (secondary N) is 1. The number of rotatable bonds is 2. The van der Waals surface area contributed by atoms with Gasteiger partial charge in [0.25, 0.3) is 5.91 Å². The molecule has 0 aliphatic rings. The summed E-state index contributed by atoms with van der Waals surface area (Å²) in [6.45, 7) is 0. The average molecular weight is 363 g/mol. The third kappa shape index (κ3) is 3.15. The van der Waals surface area contributed by atoms with E-state index in [0.29, 0.717) is 18.2 Å². The zero-order valence-corrected chi connectivity index (χ0v) is 11.8. The maximum atomic E-state index is 13.6. The molecular formula is C13H7BrF4N2O. The van der Waals surface area contributed by atoms with Gasteiger partial charge in [-0.15, -0.1) is 0 Å². The van der Waals surface area contributed by atoms with Gasteiger partial charge in [0.05, 0.1) is 5.69 Å². The van der Waals surface area contributed by atoms with Gasteiger partial charge < -0.3 is 11.1 Å². The molecule has 2 aromatic carbocycles. The number of nitrogens with two attached hydrogens (primary N) is 1. The summed E-state index contributed by atoms with van der Waals surface area (Å²) in [5.41, 5.74) is 3.61. The Balaban J connectivity index is 2.35. The van der Waals surface area contributed by atoms with Gasteiger partial charge in [-0.1, -0.05) is 0 Å². The van der Waals surface area contributed by atoms with E-state index in [1.807, 2.05) is 0 Å². The molecule has 3 nitrogen and oxygen atoms in total. The number of nitrogen functional groups attached to an aromatic ring is 1. The zero-order valence-electron chi connectivity index (χ0n) is 10.2. The highest BCUT2D eigenvalue weighted by molar-refractivity contribution is 9.10. The van der Waals surface area contributed by atoms with Gasteiger partial charge in [-0.3, -0.25) is 4.79 Å². The Morgan fingerprint density at radius 1 is 1.00 bits per heavy atom. The van der Waals surface area contributed by atoms with Crippen LogP contribution < -0.4 is 11.1 Å². The van der Waals surface area contributed by atoms with Gasteiger partial charge in [-0.05, 0) is 34.1 Å². The summed E-state index contributed by atoms with van der Waals surface area (Å²) in [6, 6.07) is 2.92. The first-order chi connectivity index (χ1) is 9.79. The van der Waals surface area contributed by atoms with Crippen molar-refractivity contribution in [2.75, 3.05) is 11.1 Å². The molecule has 1 amide bonds. The highest BCUT2D eigenvalue weighted by Crippen LogP contribution is 2.27. The second-order valence-corrected chi connectivity index (χ2v) is 4.91. The fourth-order valence-electron chi connectivity index (χ4n) is 1.56. The molecule has 0 spiro atoms. The lowest BCUT2D eigenvalue weighted by Crippen LogP contribution is -2.15. The van der Waals surface area contributed by atoms with Crippen LogP contribution in [0.1, 0.15) is 10.4 Å². The van der Waals surface area contributed by atoms with E-state index in [9.17, 15) is 22.4 Å². The Morgan fingerprint density at radius 2 is 1.57 bits per heavy atom. The molecule has 0 heterocycles. The maximum Gasteiger partial charge on any atom is 0.255 e. The molecule has 2 aromatic rings. The quantitative estimate of drug-likeness (QED) is 0.629. The number of carbonyl (C=O) groups excluding carboxylic acids is 1. The van der Waals surface area contributed by atoms with Crippen molar-refractivity contribution in [3.63, 3.8) is 0 Å².